The molecule has 0 radical (unpaired) electrons. The maximum atomic E-state index is 13.3. The van der Waals surface area contributed by atoms with E-state index in [4.69, 9.17) is 16.0 Å². The summed E-state index contributed by atoms with van der Waals surface area (Å²) in [6.07, 6.45) is 3.17. The smallest absolute Gasteiger partial charge is 0.251 e. The predicted octanol–water partition coefficient (Wildman–Crippen LogP) is 6.88. The fourth-order valence-corrected chi connectivity index (χ4v) is 5.63. The summed E-state index contributed by atoms with van der Waals surface area (Å²) in [5, 5.41) is 10.2. The minimum absolute atomic E-state index is 0.217. The largest absolute Gasteiger partial charge is 0.440 e. The zero-order chi connectivity index (χ0) is 30.3. The second-order valence-corrected chi connectivity index (χ2v) is 11.7. The van der Waals surface area contributed by atoms with E-state index in [0.29, 0.717) is 35.5 Å². The number of carbonyl (C=O) groups excluding carboxylic acids is 2. The molecule has 3 atom stereocenters. The van der Waals surface area contributed by atoms with Crippen molar-refractivity contribution >= 4 is 34.5 Å². The monoisotopic (exact) mass is 606 g/mol. The van der Waals surface area contributed by atoms with Crippen LogP contribution in [0.2, 0.25) is 5.02 Å². The third-order valence-corrected chi connectivity index (χ3v) is 8.21. The molecule has 1 fully saturated rings. The van der Waals surface area contributed by atoms with E-state index in [1.807, 2.05) is 84.9 Å². The summed E-state index contributed by atoms with van der Waals surface area (Å²) in [5.74, 6) is 0.592. The van der Waals surface area contributed by atoms with E-state index in [1.54, 1.807) is 18.2 Å². The number of benzene rings is 4. The molecule has 2 amide bonds. The summed E-state index contributed by atoms with van der Waals surface area (Å²) in [5.41, 5.74) is 5.23. The van der Waals surface area contributed by atoms with Crippen molar-refractivity contribution in [3.63, 3.8) is 0 Å². The summed E-state index contributed by atoms with van der Waals surface area (Å²) in [7, 11) is 0. The van der Waals surface area contributed by atoms with Gasteiger partial charge >= 0.3 is 0 Å². The average Bonchev–Trinajstić information content (AvgIpc) is 3.70. The van der Waals surface area contributed by atoms with Crippen molar-refractivity contribution < 1.29 is 14.0 Å². The molecule has 44 heavy (non-hydrogen) atoms. The molecule has 1 saturated carbocycles. The van der Waals surface area contributed by atoms with Crippen LogP contribution < -0.4 is 16.0 Å². The quantitative estimate of drug-likeness (QED) is 0.127. The zero-order valence-electron chi connectivity index (χ0n) is 24.3. The van der Waals surface area contributed by atoms with Crippen LogP contribution in [0.3, 0.4) is 0 Å². The molecule has 4 aromatic carbocycles. The third kappa shape index (κ3) is 7.54. The van der Waals surface area contributed by atoms with Gasteiger partial charge in [0.2, 0.25) is 5.91 Å². The highest BCUT2D eigenvalue weighted by Crippen LogP contribution is 2.41. The lowest BCUT2D eigenvalue weighted by Gasteiger charge is -2.19. The van der Waals surface area contributed by atoms with Gasteiger partial charge in [-0.1, -0.05) is 78.3 Å². The highest BCUT2D eigenvalue weighted by atomic mass is 35.5. The van der Waals surface area contributed by atoms with E-state index in [1.165, 1.54) is 0 Å². The van der Waals surface area contributed by atoms with Gasteiger partial charge in [-0.3, -0.25) is 9.59 Å². The second-order valence-electron chi connectivity index (χ2n) is 11.2. The number of aromatic nitrogens is 1. The van der Waals surface area contributed by atoms with Gasteiger partial charge in [0.1, 0.15) is 11.6 Å². The van der Waals surface area contributed by atoms with Crippen molar-refractivity contribution in [1.29, 1.82) is 0 Å². The van der Waals surface area contributed by atoms with Crippen molar-refractivity contribution in [3.05, 3.63) is 125 Å². The van der Waals surface area contributed by atoms with Gasteiger partial charge in [0.05, 0.1) is 5.92 Å². The Hall–Kier alpha value is -4.46. The van der Waals surface area contributed by atoms with E-state index >= 15 is 0 Å². The van der Waals surface area contributed by atoms with E-state index in [-0.39, 0.29) is 11.8 Å². The van der Waals surface area contributed by atoms with Gasteiger partial charge in [0.15, 0.2) is 11.5 Å². The Labute approximate surface area is 262 Å². The molecule has 8 heteroatoms. The highest BCUT2D eigenvalue weighted by molar-refractivity contribution is 6.30. The molecule has 0 saturated heterocycles. The summed E-state index contributed by atoms with van der Waals surface area (Å²) in [4.78, 5) is 31.1. The van der Waals surface area contributed by atoms with Crippen molar-refractivity contribution in [2.24, 2.45) is 0 Å². The Morgan fingerprint density at radius 3 is 2.45 bits per heavy atom. The van der Waals surface area contributed by atoms with Gasteiger partial charge in [-0.15, -0.1) is 0 Å². The van der Waals surface area contributed by atoms with E-state index in [9.17, 15) is 9.59 Å². The predicted molar refractivity (Wildman–Crippen MR) is 173 cm³/mol. The lowest BCUT2D eigenvalue weighted by Crippen LogP contribution is -2.46. The Morgan fingerprint density at radius 2 is 1.66 bits per heavy atom. The first-order chi connectivity index (χ1) is 21.5. The van der Waals surface area contributed by atoms with Crippen LogP contribution in [0.1, 0.15) is 53.4 Å². The first-order valence-corrected chi connectivity index (χ1v) is 15.5. The molecule has 3 N–H and O–H groups in total. The Balaban J connectivity index is 1.02. The van der Waals surface area contributed by atoms with Gasteiger partial charge in [-0.25, -0.2) is 4.98 Å². The van der Waals surface area contributed by atoms with Gasteiger partial charge in [0, 0.05) is 23.2 Å². The number of hydrogen-bond acceptors (Lipinski definition) is 5. The van der Waals surface area contributed by atoms with Gasteiger partial charge in [-0.05, 0) is 85.3 Å². The number of carbonyl (C=O) groups is 2. The molecular formula is C36H35ClN4O3. The number of halogens is 1. The van der Waals surface area contributed by atoms with Crippen molar-refractivity contribution in [1.82, 2.24) is 20.9 Å². The minimum Gasteiger partial charge on any atom is -0.440 e. The lowest BCUT2D eigenvalue weighted by atomic mass is 10.0. The number of hydrogen-bond donors (Lipinski definition) is 3. The van der Waals surface area contributed by atoms with Crippen LogP contribution in [-0.2, 0) is 11.3 Å². The molecule has 0 bridgehead atoms. The van der Waals surface area contributed by atoms with Gasteiger partial charge in [0.25, 0.3) is 5.91 Å². The average molecular weight is 607 g/mol. The van der Waals surface area contributed by atoms with Gasteiger partial charge < -0.3 is 20.4 Å². The number of amides is 2. The number of para-hydroxylation sites is 2. The lowest BCUT2D eigenvalue weighted by molar-refractivity contribution is -0.123. The number of fused-ring (bicyclic) bond motifs is 1. The molecule has 5 aromatic rings. The van der Waals surface area contributed by atoms with E-state index in [2.05, 4.69) is 20.9 Å². The fraction of sp³-hybridized carbons (Fsp3) is 0.250. The Bertz CT molecular complexity index is 1690. The number of rotatable bonds is 13. The molecule has 224 valence electrons. The first kappa shape index (κ1) is 29.6. The summed E-state index contributed by atoms with van der Waals surface area (Å²) in [6.45, 7) is 1.14. The molecular weight excluding hydrogens is 572 g/mol. The fourth-order valence-electron chi connectivity index (χ4n) is 5.42. The number of nitrogens with one attached hydrogen (secondary N) is 3. The van der Waals surface area contributed by atoms with Crippen LogP contribution >= 0.6 is 11.6 Å². The number of oxazole rings is 1. The van der Waals surface area contributed by atoms with Crippen LogP contribution in [0.5, 0.6) is 0 Å². The topological polar surface area (TPSA) is 96.3 Å². The summed E-state index contributed by atoms with van der Waals surface area (Å²) < 4.78 is 5.93. The molecule has 1 aliphatic carbocycles. The summed E-state index contributed by atoms with van der Waals surface area (Å²) in [6, 6.07) is 32.3. The van der Waals surface area contributed by atoms with Crippen LogP contribution in [-0.4, -0.2) is 35.4 Å². The molecule has 1 unspecified atom stereocenters. The van der Waals surface area contributed by atoms with Crippen LogP contribution in [0.4, 0.5) is 0 Å². The van der Waals surface area contributed by atoms with Crippen LogP contribution in [0, 0.1) is 0 Å². The molecule has 6 rings (SSSR count). The maximum absolute atomic E-state index is 13.3. The van der Waals surface area contributed by atoms with Gasteiger partial charge in [-0.2, -0.15) is 0 Å². The molecule has 0 aliphatic heterocycles. The normalized spacial score (nSPS) is 16.4. The highest BCUT2D eigenvalue weighted by Gasteiger charge is 2.41. The Morgan fingerprint density at radius 1 is 0.886 bits per heavy atom. The SMILES string of the molecule is O=C(NC(CCCCN[C@@H]1C[C@H]1c1nc2ccccc2o1)C(=O)NCc1cccc(Cl)c1)c1ccc(-c2ccccc2)cc1. The number of unbranched alkanes of at least 4 members (excludes halogenated alkanes) is 1. The number of nitrogens with zero attached hydrogens (tertiary/aromatic N) is 1. The molecule has 1 aromatic heterocycles. The first-order valence-electron chi connectivity index (χ1n) is 15.1. The van der Waals surface area contributed by atoms with Crippen molar-refractivity contribution in [3.8, 4) is 11.1 Å². The zero-order valence-corrected chi connectivity index (χ0v) is 25.1. The molecule has 0 spiro atoms. The minimum atomic E-state index is -0.663. The standard InChI is InChI=1S/C36H35ClN4O3/c37-28-12-8-9-24(21-28)23-39-35(43)31(40-34(42)27-18-16-26(17-19-27)25-10-2-1-3-11-25)14-6-7-20-38-32-22-29(32)36-41-30-13-4-5-15-33(30)44-36/h1-5,8-13,15-19,21,29,31-32,38H,6-7,14,20,22-23H2,(H,39,43)(H,40,42)/t29-,31?,32-/m1/s1. The maximum Gasteiger partial charge on any atom is 0.251 e. The summed E-state index contributed by atoms with van der Waals surface area (Å²) >= 11 is 6.11. The Kier molecular flexibility index (Phi) is 9.34. The van der Waals surface area contributed by atoms with Crippen molar-refractivity contribution in [2.75, 3.05) is 6.54 Å². The van der Waals surface area contributed by atoms with Crippen LogP contribution in [0.25, 0.3) is 22.2 Å². The van der Waals surface area contributed by atoms with E-state index < -0.39 is 6.04 Å². The molecule has 1 heterocycles. The third-order valence-electron chi connectivity index (χ3n) is 7.98. The molecule has 1 aliphatic rings. The molecule has 7 nitrogen and oxygen atoms in total. The van der Waals surface area contributed by atoms with Crippen molar-refractivity contribution in [2.45, 2.75) is 50.2 Å². The van der Waals surface area contributed by atoms with E-state index in [0.717, 1.165) is 59.5 Å². The second kappa shape index (κ2) is 13.9. The van der Waals surface area contributed by atoms with Crippen LogP contribution in [0.15, 0.2) is 108 Å².